The van der Waals surface area contributed by atoms with Crippen LogP contribution in [-0.4, -0.2) is 23.2 Å². The van der Waals surface area contributed by atoms with Crippen molar-refractivity contribution in [3.8, 4) is 0 Å². The molecule has 1 atom stereocenters. The number of nitrogens with zero attached hydrogens (tertiary/aromatic N) is 1. The number of rotatable bonds is 6. The third kappa shape index (κ3) is 3.40. The first-order valence-electron chi connectivity index (χ1n) is 6.36. The summed E-state index contributed by atoms with van der Waals surface area (Å²) in [5.74, 6) is 0. The minimum Gasteiger partial charge on any atom is -0.395 e. The molecule has 0 spiro atoms. The molecule has 0 aliphatic heterocycles. The molecule has 2 rings (SSSR count). The molecule has 0 aliphatic rings. The first-order chi connectivity index (χ1) is 9.72. The van der Waals surface area contributed by atoms with E-state index in [0.29, 0.717) is 6.54 Å². The van der Waals surface area contributed by atoms with Crippen molar-refractivity contribution < 1.29 is 10.0 Å². The summed E-state index contributed by atoms with van der Waals surface area (Å²) < 4.78 is 0. The number of hydrogen-bond acceptors (Lipinski definition) is 4. The molecular weight excluding hydrogens is 256 g/mol. The highest BCUT2D eigenvalue weighted by Crippen LogP contribution is 2.24. The highest BCUT2D eigenvalue weighted by atomic mass is 16.6. The van der Waals surface area contributed by atoms with Crippen LogP contribution >= 0.6 is 0 Å². The maximum Gasteiger partial charge on any atom is 0.269 e. The number of non-ortho nitro benzene ring substituents is 1. The average Bonchev–Trinajstić information content (AvgIpc) is 2.49. The van der Waals surface area contributed by atoms with E-state index in [9.17, 15) is 10.1 Å². The molecule has 5 nitrogen and oxygen atoms in total. The Hall–Kier alpha value is -2.24. The minimum absolute atomic E-state index is 0.0122. The standard InChI is InChI=1S/C15H16N2O3/c18-10-9-16-15(12-5-2-1-3-6-12)13-7-4-8-14(11-13)17(19)20/h1-8,11,15-16,18H,9-10H2. The van der Waals surface area contributed by atoms with Crippen molar-refractivity contribution in [3.05, 3.63) is 75.8 Å². The van der Waals surface area contributed by atoms with Crippen LogP contribution in [0.15, 0.2) is 54.6 Å². The van der Waals surface area contributed by atoms with Crippen LogP contribution in [-0.2, 0) is 0 Å². The number of aliphatic hydroxyl groups is 1. The van der Waals surface area contributed by atoms with Gasteiger partial charge in [0.15, 0.2) is 0 Å². The van der Waals surface area contributed by atoms with Crippen molar-refractivity contribution in [1.29, 1.82) is 0 Å². The molecule has 0 bridgehead atoms. The van der Waals surface area contributed by atoms with Crippen molar-refractivity contribution >= 4 is 5.69 Å². The number of hydrogen-bond donors (Lipinski definition) is 2. The van der Waals surface area contributed by atoms with Crippen molar-refractivity contribution in [3.63, 3.8) is 0 Å². The number of nitro groups is 1. The quantitative estimate of drug-likeness (QED) is 0.625. The average molecular weight is 272 g/mol. The normalized spacial score (nSPS) is 12.1. The highest BCUT2D eigenvalue weighted by molar-refractivity contribution is 5.40. The lowest BCUT2D eigenvalue weighted by molar-refractivity contribution is -0.384. The van der Waals surface area contributed by atoms with Gasteiger partial charge in [-0.05, 0) is 11.1 Å². The molecule has 2 N–H and O–H groups in total. The molecule has 0 heterocycles. The Morgan fingerprint density at radius 1 is 1.10 bits per heavy atom. The number of nitro benzene ring substituents is 1. The fourth-order valence-electron chi connectivity index (χ4n) is 2.10. The van der Waals surface area contributed by atoms with E-state index in [1.807, 2.05) is 36.4 Å². The summed E-state index contributed by atoms with van der Waals surface area (Å²) in [6, 6.07) is 16.0. The lowest BCUT2D eigenvalue weighted by Gasteiger charge is -2.19. The van der Waals surface area contributed by atoms with E-state index in [2.05, 4.69) is 5.32 Å². The smallest absolute Gasteiger partial charge is 0.269 e. The molecule has 20 heavy (non-hydrogen) atoms. The zero-order valence-corrected chi connectivity index (χ0v) is 10.9. The zero-order chi connectivity index (χ0) is 14.4. The molecule has 2 aromatic rings. The van der Waals surface area contributed by atoms with Gasteiger partial charge in [0.25, 0.3) is 5.69 Å². The summed E-state index contributed by atoms with van der Waals surface area (Å²) in [5.41, 5.74) is 1.87. The van der Waals surface area contributed by atoms with E-state index >= 15 is 0 Å². The fraction of sp³-hybridized carbons (Fsp3) is 0.200. The largest absolute Gasteiger partial charge is 0.395 e. The van der Waals surface area contributed by atoms with E-state index < -0.39 is 4.92 Å². The Balaban J connectivity index is 2.36. The Morgan fingerprint density at radius 2 is 1.80 bits per heavy atom. The highest BCUT2D eigenvalue weighted by Gasteiger charge is 2.16. The molecule has 2 aromatic carbocycles. The molecule has 104 valence electrons. The van der Waals surface area contributed by atoms with Crippen LogP contribution in [0, 0.1) is 10.1 Å². The van der Waals surface area contributed by atoms with Gasteiger partial charge in [-0.25, -0.2) is 0 Å². The van der Waals surface area contributed by atoms with Gasteiger partial charge in [-0.1, -0.05) is 42.5 Å². The zero-order valence-electron chi connectivity index (χ0n) is 10.9. The molecule has 0 amide bonds. The topological polar surface area (TPSA) is 75.4 Å². The van der Waals surface area contributed by atoms with Gasteiger partial charge in [-0.15, -0.1) is 0 Å². The van der Waals surface area contributed by atoms with Crippen LogP contribution in [0.4, 0.5) is 5.69 Å². The van der Waals surface area contributed by atoms with Crippen LogP contribution in [0.5, 0.6) is 0 Å². The van der Waals surface area contributed by atoms with E-state index in [-0.39, 0.29) is 18.3 Å². The Morgan fingerprint density at radius 3 is 2.45 bits per heavy atom. The van der Waals surface area contributed by atoms with E-state index in [1.54, 1.807) is 12.1 Å². The van der Waals surface area contributed by atoms with Crippen molar-refractivity contribution in [2.45, 2.75) is 6.04 Å². The molecule has 1 unspecified atom stereocenters. The monoisotopic (exact) mass is 272 g/mol. The summed E-state index contributed by atoms with van der Waals surface area (Å²) >= 11 is 0. The van der Waals surface area contributed by atoms with Crippen molar-refractivity contribution in [1.82, 2.24) is 5.32 Å². The van der Waals surface area contributed by atoms with Crippen LogP contribution in [0.2, 0.25) is 0 Å². The molecule has 0 saturated heterocycles. The number of benzene rings is 2. The van der Waals surface area contributed by atoms with Gasteiger partial charge in [0, 0.05) is 18.7 Å². The van der Waals surface area contributed by atoms with Gasteiger partial charge in [-0.2, -0.15) is 0 Å². The van der Waals surface area contributed by atoms with Gasteiger partial charge in [0.1, 0.15) is 0 Å². The number of aliphatic hydroxyl groups excluding tert-OH is 1. The van der Waals surface area contributed by atoms with Gasteiger partial charge < -0.3 is 10.4 Å². The maximum atomic E-state index is 10.9. The second kappa shape index (κ2) is 6.79. The van der Waals surface area contributed by atoms with E-state index in [4.69, 9.17) is 5.11 Å². The summed E-state index contributed by atoms with van der Waals surface area (Å²) in [6.45, 7) is 0.431. The van der Waals surface area contributed by atoms with Gasteiger partial charge >= 0.3 is 0 Å². The fourth-order valence-corrected chi connectivity index (χ4v) is 2.10. The summed E-state index contributed by atoms with van der Waals surface area (Å²) in [5, 5.41) is 23.0. The SMILES string of the molecule is O=[N+]([O-])c1cccc(C(NCCO)c2ccccc2)c1. The lowest BCUT2D eigenvalue weighted by Crippen LogP contribution is -2.25. The van der Waals surface area contributed by atoms with Crippen LogP contribution < -0.4 is 5.32 Å². The third-order valence-electron chi connectivity index (χ3n) is 3.01. The minimum atomic E-state index is -0.405. The summed E-state index contributed by atoms with van der Waals surface area (Å²) in [4.78, 5) is 10.5. The van der Waals surface area contributed by atoms with Crippen LogP contribution in [0.3, 0.4) is 0 Å². The molecule has 0 fully saturated rings. The van der Waals surface area contributed by atoms with Gasteiger partial charge in [-0.3, -0.25) is 10.1 Å². The second-order valence-corrected chi connectivity index (χ2v) is 4.37. The molecule has 5 heteroatoms. The molecule has 0 aromatic heterocycles. The first kappa shape index (κ1) is 14.2. The molecular formula is C15H16N2O3. The molecule has 0 radical (unpaired) electrons. The molecule has 0 saturated carbocycles. The van der Waals surface area contributed by atoms with Crippen LogP contribution in [0.25, 0.3) is 0 Å². The predicted octanol–water partition coefficient (Wildman–Crippen LogP) is 2.27. The lowest BCUT2D eigenvalue weighted by atomic mass is 9.98. The summed E-state index contributed by atoms with van der Waals surface area (Å²) in [6.07, 6.45) is 0. The van der Waals surface area contributed by atoms with Crippen LogP contribution in [0.1, 0.15) is 17.2 Å². The van der Waals surface area contributed by atoms with E-state index in [0.717, 1.165) is 11.1 Å². The third-order valence-corrected chi connectivity index (χ3v) is 3.01. The van der Waals surface area contributed by atoms with Crippen molar-refractivity contribution in [2.75, 3.05) is 13.2 Å². The van der Waals surface area contributed by atoms with Crippen molar-refractivity contribution in [2.24, 2.45) is 0 Å². The Kier molecular flexibility index (Phi) is 4.81. The maximum absolute atomic E-state index is 10.9. The molecule has 0 aliphatic carbocycles. The van der Waals surface area contributed by atoms with Gasteiger partial charge in [0.2, 0.25) is 0 Å². The van der Waals surface area contributed by atoms with E-state index in [1.165, 1.54) is 6.07 Å². The predicted molar refractivity (Wildman–Crippen MR) is 76.5 cm³/mol. The number of nitrogens with one attached hydrogen (secondary N) is 1. The summed E-state index contributed by atoms with van der Waals surface area (Å²) in [7, 11) is 0. The second-order valence-electron chi connectivity index (χ2n) is 4.37. The first-order valence-corrected chi connectivity index (χ1v) is 6.36. The Bertz CT molecular complexity index is 572. The van der Waals surface area contributed by atoms with Gasteiger partial charge in [0.05, 0.1) is 17.6 Å². The Labute approximate surface area is 117 Å².